The van der Waals surface area contributed by atoms with Crippen LogP contribution in [0.15, 0.2) is 54.2 Å². The molecule has 0 saturated carbocycles. The van der Waals surface area contributed by atoms with Crippen molar-refractivity contribution in [2.24, 2.45) is 5.73 Å². The van der Waals surface area contributed by atoms with Gasteiger partial charge in [0.15, 0.2) is 0 Å². The van der Waals surface area contributed by atoms with Crippen molar-refractivity contribution in [3.63, 3.8) is 0 Å². The Hall–Kier alpha value is -4.10. The third kappa shape index (κ3) is 4.13. The number of rotatable bonds is 4. The first-order valence-corrected chi connectivity index (χ1v) is 13.3. The Bertz CT molecular complexity index is 1570. The molecule has 194 valence electrons. The molecule has 2 aromatic carbocycles. The molecule has 0 bridgehead atoms. The Balaban J connectivity index is 1.67. The number of hydrogen-bond donors (Lipinski definition) is 1. The highest BCUT2D eigenvalue weighted by Crippen LogP contribution is 2.40. The van der Waals surface area contributed by atoms with Gasteiger partial charge in [-0.3, -0.25) is 9.59 Å². The number of aryl methyl sites for hydroxylation is 1. The summed E-state index contributed by atoms with van der Waals surface area (Å²) in [4.78, 5) is 29.3. The fourth-order valence-corrected chi connectivity index (χ4v) is 5.79. The summed E-state index contributed by atoms with van der Waals surface area (Å²) >= 11 is 1.14. The van der Waals surface area contributed by atoms with Crippen molar-refractivity contribution in [3.05, 3.63) is 77.0 Å². The first kappa shape index (κ1) is 25.5. The van der Waals surface area contributed by atoms with Gasteiger partial charge in [0, 0.05) is 48.9 Å². The van der Waals surface area contributed by atoms with E-state index >= 15 is 4.39 Å². The van der Waals surface area contributed by atoms with Gasteiger partial charge in [-0.15, -0.1) is 11.8 Å². The third-order valence-electron chi connectivity index (χ3n) is 7.26. The van der Waals surface area contributed by atoms with Gasteiger partial charge in [-0.25, -0.2) is 8.78 Å². The Morgan fingerprint density at radius 1 is 1.21 bits per heavy atom. The SMILES string of the molecule is C=CC(=O)N1CCN2C(=O)c3cc(F)c(-c4ccc(F)cc4/C(C#N)=C(/N)SC)c4ccn(c34)CCC2C1. The Morgan fingerprint density at radius 3 is 2.71 bits per heavy atom. The average molecular weight is 534 g/mol. The third-order valence-corrected chi connectivity index (χ3v) is 7.90. The molecule has 1 aromatic heterocycles. The molecule has 3 heterocycles. The molecule has 1 atom stereocenters. The van der Waals surface area contributed by atoms with Crippen molar-refractivity contribution in [2.75, 3.05) is 25.9 Å². The molecule has 1 unspecified atom stereocenters. The number of nitrogens with two attached hydrogens (primary N) is 1. The number of nitrogens with zero attached hydrogens (tertiary/aromatic N) is 4. The quantitative estimate of drug-likeness (QED) is 0.398. The molecule has 5 rings (SSSR count). The van der Waals surface area contributed by atoms with E-state index in [0.29, 0.717) is 49.1 Å². The molecule has 0 aliphatic carbocycles. The second-order valence-electron chi connectivity index (χ2n) is 9.23. The maximum Gasteiger partial charge on any atom is 0.256 e. The number of allylic oxidation sites excluding steroid dienone is 1. The molecule has 2 aliphatic rings. The minimum Gasteiger partial charge on any atom is -0.392 e. The zero-order chi connectivity index (χ0) is 27.1. The largest absolute Gasteiger partial charge is 0.392 e. The highest BCUT2D eigenvalue weighted by Gasteiger charge is 2.35. The molecule has 2 amide bonds. The van der Waals surface area contributed by atoms with Crippen LogP contribution in [0.25, 0.3) is 27.6 Å². The molecule has 38 heavy (non-hydrogen) atoms. The summed E-state index contributed by atoms with van der Waals surface area (Å²) in [6.45, 7) is 5.19. The van der Waals surface area contributed by atoms with E-state index in [1.807, 2.05) is 10.6 Å². The Labute approximate surface area is 222 Å². The van der Waals surface area contributed by atoms with Gasteiger partial charge in [-0.05, 0) is 48.6 Å². The van der Waals surface area contributed by atoms with E-state index in [2.05, 4.69) is 6.58 Å². The van der Waals surface area contributed by atoms with Crippen LogP contribution in [0.2, 0.25) is 0 Å². The second kappa shape index (κ2) is 9.99. The van der Waals surface area contributed by atoms with Crippen LogP contribution in [0.1, 0.15) is 22.3 Å². The summed E-state index contributed by atoms with van der Waals surface area (Å²) in [6, 6.07) is 8.60. The summed E-state index contributed by atoms with van der Waals surface area (Å²) in [7, 11) is 0. The fourth-order valence-electron chi connectivity index (χ4n) is 5.43. The molecule has 3 aromatic rings. The maximum atomic E-state index is 16.0. The van der Waals surface area contributed by atoms with E-state index < -0.39 is 11.6 Å². The lowest BCUT2D eigenvalue weighted by molar-refractivity contribution is -0.128. The number of carbonyl (C=O) groups is 2. The lowest BCUT2D eigenvalue weighted by Crippen LogP contribution is -2.57. The van der Waals surface area contributed by atoms with Crippen LogP contribution in [0.4, 0.5) is 8.78 Å². The van der Waals surface area contributed by atoms with Gasteiger partial charge in [0.05, 0.1) is 27.7 Å². The molecular formula is C28H25F2N5O2S. The smallest absolute Gasteiger partial charge is 0.256 e. The molecule has 10 heteroatoms. The molecule has 1 fully saturated rings. The highest BCUT2D eigenvalue weighted by molar-refractivity contribution is 8.02. The van der Waals surface area contributed by atoms with E-state index in [1.54, 1.807) is 28.3 Å². The van der Waals surface area contributed by atoms with Crippen molar-refractivity contribution in [2.45, 2.75) is 19.0 Å². The fraction of sp³-hybridized carbons (Fsp3) is 0.250. The van der Waals surface area contributed by atoms with Crippen LogP contribution in [0.5, 0.6) is 0 Å². The van der Waals surface area contributed by atoms with Crippen LogP contribution in [0.3, 0.4) is 0 Å². The number of nitriles is 1. The zero-order valence-electron chi connectivity index (χ0n) is 20.7. The molecular weight excluding hydrogens is 508 g/mol. The van der Waals surface area contributed by atoms with Crippen LogP contribution < -0.4 is 5.73 Å². The zero-order valence-corrected chi connectivity index (χ0v) is 21.5. The summed E-state index contributed by atoms with van der Waals surface area (Å²) < 4.78 is 32.2. The standard InChI is InChI=1S/C28H25F2N5O2S/c1-3-24(36)34-10-11-35-17(15-34)6-8-33-9-7-19-25(23(30)13-21(26(19)33)28(35)37)18-5-4-16(29)12-20(18)22(14-31)27(32)38-2/h3-5,7,9,12-13,17H,1,6,8,10-11,15,32H2,2H3/b27-22-. The van der Waals surface area contributed by atoms with Gasteiger partial charge < -0.3 is 20.1 Å². The Morgan fingerprint density at radius 2 is 2.00 bits per heavy atom. The van der Waals surface area contributed by atoms with E-state index in [-0.39, 0.29) is 45.1 Å². The van der Waals surface area contributed by atoms with E-state index in [0.717, 1.165) is 11.8 Å². The first-order chi connectivity index (χ1) is 18.3. The van der Waals surface area contributed by atoms with Crippen LogP contribution in [-0.4, -0.2) is 58.1 Å². The minimum absolute atomic E-state index is 0.0510. The monoisotopic (exact) mass is 533 g/mol. The van der Waals surface area contributed by atoms with Gasteiger partial charge in [0.2, 0.25) is 5.91 Å². The normalized spacial score (nSPS) is 17.8. The molecule has 0 spiro atoms. The topological polar surface area (TPSA) is 95.4 Å². The van der Waals surface area contributed by atoms with Gasteiger partial charge in [-0.1, -0.05) is 12.6 Å². The molecule has 0 radical (unpaired) electrons. The van der Waals surface area contributed by atoms with Gasteiger partial charge >= 0.3 is 0 Å². The van der Waals surface area contributed by atoms with Gasteiger partial charge in [0.25, 0.3) is 5.91 Å². The van der Waals surface area contributed by atoms with Crippen LogP contribution in [0, 0.1) is 23.0 Å². The molecule has 2 N–H and O–H groups in total. The Kier molecular flexibility index (Phi) is 6.71. The summed E-state index contributed by atoms with van der Waals surface area (Å²) in [6.07, 6.45) is 5.38. The highest BCUT2D eigenvalue weighted by atomic mass is 32.2. The van der Waals surface area contributed by atoms with E-state index in [1.165, 1.54) is 30.3 Å². The number of fused-ring (bicyclic) bond motifs is 1. The number of aromatic nitrogens is 1. The van der Waals surface area contributed by atoms with Crippen molar-refractivity contribution < 1.29 is 18.4 Å². The minimum atomic E-state index is -0.663. The number of halogens is 2. The predicted octanol–water partition coefficient (Wildman–Crippen LogP) is 4.34. The predicted molar refractivity (Wildman–Crippen MR) is 144 cm³/mol. The summed E-state index contributed by atoms with van der Waals surface area (Å²) in [5.41, 5.74) is 7.56. The number of benzene rings is 2. The van der Waals surface area contributed by atoms with Crippen molar-refractivity contribution in [1.29, 1.82) is 5.26 Å². The molecule has 1 saturated heterocycles. The number of thioether (sulfide) groups is 1. The van der Waals surface area contributed by atoms with Crippen LogP contribution >= 0.6 is 11.8 Å². The molecule has 7 nitrogen and oxygen atoms in total. The number of hydrogen-bond acceptors (Lipinski definition) is 5. The van der Waals surface area contributed by atoms with Crippen molar-refractivity contribution >= 4 is 40.1 Å². The number of piperazine rings is 1. The van der Waals surface area contributed by atoms with Crippen molar-refractivity contribution in [1.82, 2.24) is 14.4 Å². The van der Waals surface area contributed by atoms with Gasteiger partial charge in [-0.2, -0.15) is 5.26 Å². The average Bonchev–Trinajstić information content (AvgIpc) is 3.34. The maximum absolute atomic E-state index is 16.0. The van der Waals surface area contributed by atoms with E-state index in [4.69, 9.17) is 5.73 Å². The second-order valence-corrected chi connectivity index (χ2v) is 10.1. The van der Waals surface area contributed by atoms with E-state index in [9.17, 15) is 19.2 Å². The molecule has 2 aliphatic heterocycles. The lowest BCUT2D eigenvalue weighted by atomic mass is 9.91. The van der Waals surface area contributed by atoms with Crippen molar-refractivity contribution in [3.8, 4) is 17.2 Å². The summed E-state index contributed by atoms with van der Waals surface area (Å²) in [5.74, 6) is -1.73. The summed E-state index contributed by atoms with van der Waals surface area (Å²) in [5, 5.41) is 10.5. The number of amides is 2. The van der Waals surface area contributed by atoms with Crippen LogP contribution in [-0.2, 0) is 11.3 Å². The first-order valence-electron chi connectivity index (χ1n) is 12.1. The number of carbonyl (C=O) groups excluding carboxylic acids is 2. The lowest BCUT2D eigenvalue weighted by Gasteiger charge is -2.42. The van der Waals surface area contributed by atoms with Gasteiger partial charge in [0.1, 0.15) is 17.7 Å².